The van der Waals surface area contributed by atoms with Crippen molar-refractivity contribution in [2.45, 2.75) is 32.2 Å². The lowest BCUT2D eigenvalue weighted by atomic mass is 9.99. The number of hydrogen-bond donors (Lipinski definition) is 1. The first-order chi connectivity index (χ1) is 10.2. The fourth-order valence-corrected chi connectivity index (χ4v) is 2.83. The minimum Gasteiger partial charge on any atom is -0.310 e. The zero-order valence-electron chi connectivity index (χ0n) is 12.3. The van der Waals surface area contributed by atoms with Crippen molar-refractivity contribution < 1.29 is 0 Å². The van der Waals surface area contributed by atoms with Gasteiger partial charge in [0.05, 0.1) is 0 Å². The van der Waals surface area contributed by atoms with Crippen LogP contribution in [0.4, 0.5) is 0 Å². The van der Waals surface area contributed by atoms with E-state index in [0.29, 0.717) is 6.04 Å². The first kappa shape index (κ1) is 16.4. The second-order valence-electron chi connectivity index (χ2n) is 5.19. The van der Waals surface area contributed by atoms with E-state index in [9.17, 15) is 0 Å². The number of benzene rings is 2. The molecule has 1 unspecified atom stereocenters. The summed E-state index contributed by atoms with van der Waals surface area (Å²) in [6, 6.07) is 16.6. The molecule has 2 aromatic rings. The van der Waals surface area contributed by atoms with E-state index in [1.807, 2.05) is 24.3 Å². The Morgan fingerprint density at radius 2 is 1.81 bits per heavy atom. The molecule has 0 aromatic heterocycles. The SMILES string of the molecule is CCCNC(CCc1cc(Cl)ccc1Cl)c1ccccc1. The van der Waals surface area contributed by atoms with Crippen molar-refractivity contribution in [1.29, 1.82) is 0 Å². The lowest BCUT2D eigenvalue weighted by Gasteiger charge is -2.19. The Balaban J connectivity index is 2.07. The lowest BCUT2D eigenvalue weighted by Crippen LogP contribution is -2.22. The van der Waals surface area contributed by atoms with E-state index in [-0.39, 0.29) is 0 Å². The molecule has 0 amide bonds. The maximum Gasteiger partial charge on any atom is 0.0439 e. The van der Waals surface area contributed by atoms with Crippen LogP contribution >= 0.6 is 23.2 Å². The summed E-state index contributed by atoms with van der Waals surface area (Å²) in [5.74, 6) is 0. The molecule has 0 aliphatic rings. The molecule has 112 valence electrons. The molecule has 0 saturated carbocycles. The third-order valence-corrected chi connectivity index (χ3v) is 4.16. The Hall–Kier alpha value is -1.02. The highest BCUT2D eigenvalue weighted by atomic mass is 35.5. The molecule has 0 saturated heterocycles. The first-order valence-electron chi connectivity index (χ1n) is 7.43. The fraction of sp³-hybridized carbons (Fsp3) is 0.333. The molecule has 2 rings (SSSR count). The Labute approximate surface area is 137 Å². The van der Waals surface area contributed by atoms with E-state index < -0.39 is 0 Å². The Morgan fingerprint density at radius 3 is 2.52 bits per heavy atom. The second-order valence-corrected chi connectivity index (χ2v) is 6.04. The van der Waals surface area contributed by atoms with E-state index in [4.69, 9.17) is 23.2 Å². The summed E-state index contributed by atoms with van der Waals surface area (Å²) in [5, 5.41) is 5.15. The third kappa shape index (κ3) is 5.03. The van der Waals surface area contributed by atoms with Crippen molar-refractivity contribution in [3.05, 3.63) is 69.7 Å². The summed E-state index contributed by atoms with van der Waals surface area (Å²) in [7, 11) is 0. The number of halogens is 2. The van der Waals surface area contributed by atoms with Crippen LogP contribution in [0.5, 0.6) is 0 Å². The standard InChI is InChI=1S/C18H21Cl2N/c1-2-12-21-18(14-6-4-3-5-7-14)11-8-15-13-16(19)9-10-17(15)20/h3-7,9-10,13,18,21H,2,8,11-12H2,1H3. The molecule has 1 nitrogen and oxygen atoms in total. The summed E-state index contributed by atoms with van der Waals surface area (Å²) >= 11 is 12.3. The van der Waals surface area contributed by atoms with Gasteiger partial charge in [0.1, 0.15) is 0 Å². The molecule has 1 N–H and O–H groups in total. The van der Waals surface area contributed by atoms with Crippen molar-refractivity contribution in [2.75, 3.05) is 6.54 Å². The van der Waals surface area contributed by atoms with Crippen molar-refractivity contribution >= 4 is 23.2 Å². The highest BCUT2D eigenvalue weighted by molar-refractivity contribution is 6.33. The monoisotopic (exact) mass is 321 g/mol. The summed E-state index contributed by atoms with van der Waals surface area (Å²) < 4.78 is 0. The molecule has 3 heteroatoms. The fourth-order valence-electron chi connectivity index (χ4n) is 2.43. The second kappa shape index (κ2) is 8.43. The molecule has 21 heavy (non-hydrogen) atoms. The van der Waals surface area contributed by atoms with Crippen LogP contribution in [0, 0.1) is 0 Å². The van der Waals surface area contributed by atoms with Crippen molar-refractivity contribution in [3.8, 4) is 0 Å². The van der Waals surface area contributed by atoms with Crippen LogP contribution in [0.1, 0.15) is 36.9 Å². The molecule has 2 aromatic carbocycles. The summed E-state index contributed by atoms with van der Waals surface area (Å²) in [6.07, 6.45) is 3.04. The number of hydrogen-bond acceptors (Lipinski definition) is 1. The van der Waals surface area contributed by atoms with Crippen LogP contribution in [-0.2, 0) is 6.42 Å². The van der Waals surface area contributed by atoms with E-state index in [1.165, 1.54) is 5.56 Å². The maximum absolute atomic E-state index is 6.25. The van der Waals surface area contributed by atoms with Gasteiger partial charge in [-0.3, -0.25) is 0 Å². The zero-order valence-corrected chi connectivity index (χ0v) is 13.8. The van der Waals surface area contributed by atoms with E-state index >= 15 is 0 Å². The van der Waals surface area contributed by atoms with Gasteiger partial charge in [0, 0.05) is 16.1 Å². The van der Waals surface area contributed by atoms with Crippen LogP contribution in [0.15, 0.2) is 48.5 Å². The third-order valence-electron chi connectivity index (χ3n) is 3.55. The number of aryl methyl sites for hydroxylation is 1. The minimum atomic E-state index is 0.348. The van der Waals surface area contributed by atoms with Crippen molar-refractivity contribution in [3.63, 3.8) is 0 Å². The highest BCUT2D eigenvalue weighted by Crippen LogP contribution is 2.25. The molecule has 0 spiro atoms. The highest BCUT2D eigenvalue weighted by Gasteiger charge is 2.11. The average molecular weight is 322 g/mol. The predicted molar refractivity (Wildman–Crippen MR) is 92.3 cm³/mol. The van der Waals surface area contributed by atoms with E-state index in [0.717, 1.165) is 41.4 Å². The van der Waals surface area contributed by atoms with Crippen molar-refractivity contribution in [2.24, 2.45) is 0 Å². The molecule has 0 aliphatic carbocycles. The molecule has 0 radical (unpaired) electrons. The Bertz CT molecular complexity index is 554. The molecular weight excluding hydrogens is 301 g/mol. The van der Waals surface area contributed by atoms with Gasteiger partial charge >= 0.3 is 0 Å². The van der Waals surface area contributed by atoms with Crippen LogP contribution in [0.25, 0.3) is 0 Å². The number of nitrogens with one attached hydrogen (secondary N) is 1. The first-order valence-corrected chi connectivity index (χ1v) is 8.18. The topological polar surface area (TPSA) is 12.0 Å². The quantitative estimate of drug-likeness (QED) is 0.693. The van der Waals surface area contributed by atoms with Crippen LogP contribution in [0.3, 0.4) is 0 Å². The van der Waals surface area contributed by atoms with Gasteiger partial charge in [-0.25, -0.2) is 0 Å². The Kier molecular flexibility index (Phi) is 6.56. The van der Waals surface area contributed by atoms with E-state index in [2.05, 4.69) is 36.5 Å². The Morgan fingerprint density at radius 1 is 1.05 bits per heavy atom. The van der Waals surface area contributed by atoms with Gasteiger partial charge in [0.25, 0.3) is 0 Å². The molecule has 0 heterocycles. The number of rotatable bonds is 7. The molecule has 1 atom stereocenters. The van der Waals surface area contributed by atoms with Gasteiger partial charge in [-0.1, -0.05) is 60.5 Å². The lowest BCUT2D eigenvalue weighted by molar-refractivity contribution is 0.499. The van der Waals surface area contributed by atoms with E-state index in [1.54, 1.807) is 0 Å². The average Bonchev–Trinajstić information content (AvgIpc) is 2.51. The van der Waals surface area contributed by atoms with Crippen LogP contribution < -0.4 is 5.32 Å². The maximum atomic E-state index is 6.25. The van der Waals surface area contributed by atoms with Gasteiger partial charge in [-0.15, -0.1) is 0 Å². The van der Waals surface area contributed by atoms with Gasteiger partial charge < -0.3 is 5.32 Å². The smallest absolute Gasteiger partial charge is 0.0439 e. The molecular formula is C18H21Cl2N. The molecule has 0 fully saturated rings. The van der Waals surface area contributed by atoms with Gasteiger partial charge in [0.2, 0.25) is 0 Å². The normalized spacial score (nSPS) is 12.3. The van der Waals surface area contributed by atoms with Gasteiger partial charge in [-0.2, -0.15) is 0 Å². The van der Waals surface area contributed by atoms with Gasteiger partial charge in [0.15, 0.2) is 0 Å². The summed E-state index contributed by atoms with van der Waals surface area (Å²) in [5.41, 5.74) is 2.44. The van der Waals surface area contributed by atoms with Gasteiger partial charge in [-0.05, 0) is 55.1 Å². The molecule has 0 aliphatic heterocycles. The summed E-state index contributed by atoms with van der Waals surface area (Å²) in [4.78, 5) is 0. The van der Waals surface area contributed by atoms with Crippen LogP contribution in [0.2, 0.25) is 10.0 Å². The summed E-state index contributed by atoms with van der Waals surface area (Å²) in [6.45, 7) is 3.20. The predicted octanol–water partition coefficient (Wildman–Crippen LogP) is 5.67. The van der Waals surface area contributed by atoms with Crippen molar-refractivity contribution in [1.82, 2.24) is 5.32 Å². The minimum absolute atomic E-state index is 0.348. The largest absolute Gasteiger partial charge is 0.310 e. The zero-order chi connectivity index (χ0) is 15.1. The van der Waals surface area contributed by atoms with Crippen LogP contribution in [-0.4, -0.2) is 6.54 Å². The molecule has 0 bridgehead atoms.